The molecule has 3 aromatic rings. The standard InChI is InChI=1S/C31H38N6O3/c1-31(2,3)27(34-28(38)25-16-21-8-4-5-9-24(21)33-25)30(40)37-19-22-17-23(37)18-36(22)29(39)20-11-14-35(15-12-20)26-10-6-7-13-32-26/h4-10,13,16,20,22-23,27,33H,11-12,14-15,17-19H2,1-3H3,(H,34,38)/t22-,23-,27+/m0/s1. The van der Waals surface area contributed by atoms with Gasteiger partial charge in [0.25, 0.3) is 5.91 Å². The predicted molar refractivity (Wildman–Crippen MR) is 154 cm³/mol. The molecule has 2 N–H and O–H groups in total. The van der Waals surface area contributed by atoms with Crippen molar-refractivity contribution in [2.24, 2.45) is 11.3 Å². The van der Waals surface area contributed by atoms with E-state index in [1.807, 2.05) is 79.1 Å². The van der Waals surface area contributed by atoms with Crippen LogP contribution in [-0.2, 0) is 9.59 Å². The number of nitrogens with zero attached hydrogens (tertiary/aromatic N) is 4. The molecule has 2 bridgehead atoms. The predicted octanol–water partition coefficient (Wildman–Crippen LogP) is 3.44. The number of benzene rings is 1. The number of aromatic amines is 1. The highest BCUT2D eigenvalue weighted by Gasteiger charge is 2.50. The molecular weight excluding hydrogens is 504 g/mol. The first-order chi connectivity index (χ1) is 19.2. The van der Waals surface area contributed by atoms with Gasteiger partial charge in [-0.2, -0.15) is 0 Å². The Morgan fingerprint density at radius 2 is 1.68 bits per heavy atom. The second-order valence-electron chi connectivity index (χ2n) is 12.5. The number of rotatable bonds is 5. The van der Waals surface area contributed by atoms with Crippen LogP contribution in [0.3, 0.4) is 0 Å². The van der Waals surface area contributed by atoms with Gasteiger partial charge in [-0.05, 0) is 48.9 Å². The largest absolute Gasteiger partial charge is 0.357 e. The minimum absolute atomic E-state index is 0.00937. The molecule has 0 saturated carbocycles. The highest BCUT2D eigenvalue weighted by atomic mass is 16.2. The molecule has 210 valence electrons. The zero-order chi connectivity index (χ0) is 28.0. The maximum Gasteiger partial charge on any atom is 0.268 e. The van der Waals surface area contributed by atoms with Crippen LogP contribution in [0.5, 0.6) is 0 Å². The van der Waals surface area contributed by atoms with Crippen LogP contribution in [0.15, 0.2) is 54.7 Å². The molecule has 5 heterocycles. The lowest BCUT2D eigenvalue weighted by Gasteiger charge is -2.41. The molecule has 1 aromatic carbocycles. The first-order valence-corrected chi connectivity index (χ1v) is 14.3. The van der Waals surface area contributed by atoms with Gasteiger partial charge in [0.05, 0.1) is 12.1 Å². The number of H-pyrrole nitrogens is 1. The van der Waals surface area contributed by atoms with Gasteiger partial charge >= 0.3 is 0 Å². The molecule has 0 spiro atoms. The van der Waals surface area contributed by atoms with Crippen LogP contribution in [0.2, 0.25) is 0 Å². The molecule has 9 nitrogen and oxygen atoms in total. The van der Waals surface area contributed by atoms with E-state index >= 15 is 0 Å². The van der Waals surface area contributed by atoms with E-state index in [2.05, 4.69) is 20.2 Å². The van der Waals surface area contributed by atoms with E-state index in [0.717, 1.165) is 49.1 Å². The molecule has 3 fully saturated rings. The molecule has 0 aliphatic carbocycles. The Labute approximate surface area is 234 Å². The average Bonchev–Trinajstić information content (AvgIpc) is 3.69. The number of nitrogens with one attached hydrogen (secondary N) is 2. The number of para-hydroxylation sites is 1. The molecule has 6 rings (SSSR count). The second kappa shape index (κ2) is 10.3. The molecule has 2 aromatic heterocycles. The zero-order valence-corrected chi connectivity index (χ0v) is 23.5. The van der Waals surface area contributed by atoms with Gasteiger partial charge in [0.15, 0.2) is 0 Å². The number of anilines is 1. The minimum atomic E-state index is -0.675. The fourth-order valence-electron chi connectivity index (χ4n) is 6.56. The molecule has 3 aliphatic rings. The molecule has 3 atom stereocenters. The lowest BCUT2D eigenvalue weighted by molar-refractivity contribution is -0.144. The number of carbonyl (C=O) groups is 3. The lowest BCUT2D eigenvalue weighted by atomic mass is 9.85. The van der Waals surface area contributed by atoms with Gasteiger partial charge in [0.2, 0.25) is 11.8 Å². The Balaban J connectivity index is 1.08. The molecule has 9 heteroatoms. The molecule has 3 aliphatic heterocycles. The lowest BCUT2D eigenvalue weighted by Crippen LogP contribution is -2.59. The summed E-state index contributed by atoms with van der Waals surface area (Å²) in [6.45, 7) is 8.67. The van der Waals surface area contributed by atoms with Crippen molar-refractivity contribution in [1.82, 2.24) is 25.1 Å². The Kier molecular flexibility index (Phi) is 6.76. The minimum Gasteiger partial charge on any atom is -0.357 e. The van der Waals surface area contributed by atoms with Crippen LogP contribution >= 0.6 is 0 Å². The number of aromatic nitrogens is 2. The summed E-state index contributed by atoms with van der Waals surface area (Å²) < 4.78 is 0. The fraction of sp³-hybridized carbons (Fsp3) is 0.484. The molecular formula is C31H38N6O3. The Hall–Kier alpha value is -3.88. The summed E-state index contributed by atoms with van der Waals surface area (Å²) in [7, 11) is 0. The van der Waals surface area contributed by atoms with Crippen LogP contribution < -0.4 is 10.2 Å². The monoisotopic (exact) mass is 542 g/mol. The van der Waals surface area contributed by atoms with E-state index in [4.69, 9.17) is 0 Å². The van der Waals surface area contributed by atoms with Crippen LogP contribution in [0, 0.1) is 11.3 Å². The summed E-state index contributed by atoms with van der Waals surface area (Å²) in [6.07, 6.45) is 4.24. The summed E-state index contributed by atoms with van der Waals surface area (Å²) in [5.41, 5.74) is 0.852. The molecule has 0 unspecified atom stereocenters. The van der Waals surface area contributed by atoms with Crippen molar-refractivity contribution < 1.29 is 14.4 Å². The van der Waals surface area contributed by atoms with Gasteiger partial charge in [0, 0.05) is 49.2 Å². The van der Waals surface area contributed by atoms with Crippen molar-refractivity contribution in [2.45, 2.75) is 58.2 Å². The highest BCUT2D eigenvalue weighted by Crippen LogP contribution is 2.35. The quantitative estimate of drug-likeness (QED) is 0.515. The fourth-order valence-corrected chi connectivity index (χ4v) is 6.56. The Morgan fingerprint density at radius 3 is 2.33 bits per heavy atom. The van der Waals surface area contributed by atoms with Crippen molar-refractivity contribution in [3.8, 4) is 0 Å². The normalized spacial score (nSPS) is 22.1. The molecule has 0 radical (unpaired) electrons. The number of likely N-dealkylation sites (tertiary alicyclic amines) is 2. The summed E-state index contributed by atoms with van der Waals surface area (Å²) in [5.74, 6) is 0.844. The van der Waals surface area contributed by atoms with Crippen molar-refractivity contribution in [1.29, 1.82) is 0 Å². The molecule has 3 amide bonds. The number of fused-ring (bicyclic) bond motifs is 3. The van der Waals surface area contributed by atoms with Gasteiger partial charge in [0.1, 0.15) is 17.6 Å². The Bertz CT molecular complexity index is 1370. The van der Waals surface area contributed by atoms with E-state index < -0.39 is 11.5 Å². The SMILES string of the molecule is CC(C)(C)[C@H](NC(=O)c1cc2ccccc2[nH]1)C(=O)N1C[C@@H]2C[C@H]1CN2C(=O)C1CCN(c2ccccn2)CC1. The Morgan fingerprint density at radius 1 is 0.975 bits per heavy atom. The van der Waals surface area contributed by atoms with E-state index in [1.54, 1.807) is 6.20 Å². The smallest absolute Gasteiger partial charge is 0.268 e. The van der Waals surface area contributed by atoms with Crippen LogP contribution in [-0.4, -0.2) is 81.8 Å². The highest BCUT2D eigenvalue weighted by molar-refractivity contribution is 6.00. The van der Waals surface area contributed by atoms with Crippen molar-refractivity contribution in [3.63, 3.8) is 0 Å². The third-order valence-corrected chi connectivity index (χ3v) is 8.79. The van der Waals surface area contributed by atoms with E-state index in [0.29, 0.717) is 18.8 Å². The molecule has 3 saturated heterocycles. The zero-order valence-electron chi connectivity index (χ0n) is 23.5. The van der Waals surface area contributed by atoms with Gasteiger partial charge in [-0.3, -0.25) is 14.4 Å². The van der Waals surface area contributed by atoms with E-state index in [1.165, 1.54) is 0 Å². The summed E-state index contributed by atoms with van der Waals surface area (Å²) in [6, 6.07) is 14.8. The second-order valence-corrected chi connectivity index (χ2v) is 12.5. The first kappa shape index (κ1) is 26.3. The number of piperidine rings is 1. The topological polar surface area (TPSA) is 102 Å². The van der Waals surface area contributed by atoms with Gasteiger partial charge in [-0.1, -0.05) is 45.0 Å². The number of piperazine rings is 1. The van der Waals surface area contributed by atoms with Crippen molar-refractivity contribution >= 4 is 34.4 Å². The maximum absolute atomic E-state index is 13.9. The summed E-state index contributed by atoms with van der Waals surface area (Å²) in [4.78, 5) is 54.3. The number of pyridine rings is 1. The van der Waals surface area contributed by atoms with Crippen molar-refractivity contribution in [2.75, 3.05) is 31.1 Å². The number of hydrogen-bond acceptors (Lipinski definition) is 5. The van der Waals surface area contributed by atoms with E-state index in [9.17, 15) is 14.4 Å². The third-order valence-electron chi connectivity index (χ3n) is 8.79. The number of carbonyl (C=O) groups excluding carboxylic acids is 3. The van der Waals surface area contributed by atoms with Gasteiger partial charge < -0.3 is 25.0 Å². The number of hydrogen-bond donors (Lipinski definition) is 2. The van der Waals surface area contributed by atoms with Gasteiger partial charge in [-0.25, -0.2) is 4.98 Å². The van der Waals surface area contributed by atoms with Gasteiger partial charge in [-0.15, -0.1) is 0 Å². The first-order valence-electron chi connectivity index (χ1n) is 14.3. The third kappa shape index (κ3) is 4.93. The summed E-state index contributed by atoms with van der Waals surface area (Å²) in [5, 5.41) is 3.98. The van der Waals surface area contributed by atoms with Crippen LogP contribution in [0.1, 0.15) is 50.5 Å². The molecule has 40 heavy (non-hydrogen) atoms. The van der Waals surface area contributed by atoms with E-state index in [-0.39, 0.29) is 35.7 Å². The van der Waals surface area contributed by atoms with Crippen molar-refractivity contribution in [3.05, 3.63) is 60.4 Å². The van der Waals surface area contributed by atoms with Crippen LogP contribution in [0.25, 0.3) is 10.9 Å². The summed E-state index contributed by atoms with van der Waals surface area (Å²) >= 11 is 0. The average molecular weight is 543 g/mol. The maximum atomic E-state index is 13.9. The number of amides is 3. The van der Waals surface area contributed by atoms with Crippen LogP contribution in [0.4, 0.5) is 5.82 Å².